The second-order valence-corrected chi connectivity index (χ2v) is 6.61. The molecule has 0 saturated carbocycles. The van der Waals surface area contributed by atoms with Gasteiger partial charge in [-0.1, -0.05) is 19.1 Å². The Kier molecular flexibility index (Phi) is 5.62. The van der Waals surface area contributed by atoms with Crippen molar-refractivity contribution in [1.82, 2.24) is 0 Å². The standard InChI is InChI=1S/C13H21NO3S/c1-3-12(14)10-18(15,16)9-8-11-4-6-13(17-2)7-5-11/h4-7,12H,3,8-10,14H2,1-2H3. The van der Waals surface area contributed by atoms with Gasteiger partial charge in [0.05, 0.1) is 18.6 Å². The fourth-order valence-electron chi connectivity index (χ4n) is 1.59. The van der Waals surface area contributed by atoms with Gasteiger partial charge < -0.3 is 10.5 Å². The number of sulfone groups is 1. The van der Waals surface area contributed by atoms with Gasteiger partial charge in [-0.05, 0) is 30.5 Å². The topological polar surface area (TPSA) is 69.4 Å². The van der Waals surface area contributed by atoms with Crippen LogP contribution < -0.4 is 10.5 Å². The first-order valence-corrected chi connectivity index (χ1v) is 7.88. The molecule has 0 bridgehead atoms. The van der Waals surface area contributed by atoms with E-state index >= 15 is 0 Å². The Morgan fingerprint density at radius 2 is 1.89 bits per heavy atom. The molecule has 0 spiro atoms. The van der Waals surface area contributed by atoms with E-state index in [1.54, 1.807) is 7.11 Å². The summed E-state index contributed by atoms with van der Waals surface area (Å²) in [4.78, 5) is 0. The third kappa shape index (κ3) is 5.06. The molecule has 1 rings (SSSR count). The van der Waals surface area contributed by atoms with Crippen LogP contribution in [-0.2, 0) is 16.3 Å². The zero-order valence-electron chi connectivity index (χ0n) is 10.9. The molecule has 0 aliphatic rings. The highest BCUT2D eigenvalue weighted by atomic mass is 32.2. The lowest BCUT2D eigenvalue weighted by Gasteiger charge is -2.09. The Labute approximate surface area is 109 Å². The molecule has 1 unspecified atom stereocenters. The summed E-state index contributed by atoms with van der Waals surface area (Å²) in [6.07, 6.45) is 1.20. The molecule has 0 fully saturated rings. The molecule has 102 valence electrons. The van der Waals surface area contributed by atoms with Crippen molar-refractivity contribution in [3.05, 3.63) is 29.8 Å². The predicted molar refractivity (Wildman–Crippen MR) is 73.6 cm³/mol. The van der Waals surface area contributed by atoms with E-state index in [1.165, 1.54) is 0 Å². The van der Waals surface area contributed by atoms with Crippen LogP contribution in [0, 0.1) is 0 Å². The zero-order valence-corrected chi connectivity index (χ0v) is 11.7. The maximum absolute atomic E-state index is 11.8. The average Bonchev–Trinajstić information content (AvgIpc) is 2.36. The number of methoxy groups -OCH3 is 1. The fraction of sp³-hybridized carbons (Fsp3) is 0.538. The molecule has 2 N–H and O–H groups in total. The summed E-state index contributed by atoms with van der Waals surface area (Å²) in [5, 5.41) is 0. The summed E-state index contributed by atoms with van der Waals surface area (Å²) >= 11 is 0. The molecule has 18 heavy (non-hydrogen) atoms. The highest BCUT2D eigenvalue weighted by Gasteiger charge is 2.15. The van der Waals surface area contributed by atoms with E-state index < -0.39 is 9.84 Å². The summed E-state index contributed by atoms with van der Waals surface area (Å²) in [5.74, 6) is 0.988. The third-order valence-corrected chi connectivity index (χ3v) is 4.62. The minimum absolute atomic E-state index is 0.0691. The quantitative estimate of drug-likeness (QED) is 0.813. The van der Waals surface area contributed by atoms with E-state index in [0.29, 0.717) is 12.8 Å². The predicted octanol–water partition coefficient (Wildman–Crippen LogP) is 1.39. The molecule has 0 aliphatic heterocycles. The lowest BCUT2D eigenvalue weighted by molar-refractivity contribution is 0.414. The van der Waals surface area contributed by atoms with E-state index in [2.05, 4.69) is 0 Å². The minimum Gasteiger partial charge on any atom is -0.497 e. The third-order valence-electron chi connectivity index (χ3n) is 2.85. The highest BCUT2D eigenvalue weighted by molar-refractivity contribution is 7.91. The van der Waals surface area contributed by atoms with Gasteiger partial charge in [-0.25, -0.2) is 8.42 Å². The first kappa shape index (κ1) is 15.0. The Morgan fingerprint density at radius 1 is 1.28 bits per heavy atom. The van der Waals surface area contributed by atoms with Crippen molar-refractivity contribution in [2.75, 3.05) is 18.6 Å². The van der Waals surface area contributed by atoms with Gasteiger partial charge in [0.1, 0.15) is 5.75 Å². The van der Waals surface area contributed by atoms with Gasteiger partial charge in [-0.2, -0.15) is 0 Å². The molecule has 0 amide bonds. The van der Waals surface area contributed by atoms with Gasteiger partial charge in [0.25, 0.3) is 0 Å². The molecule has 5 heteroatoms. The summed E-state index contributed by atoms with van der Waals surface area (Å²) in [6, 6.07) is 7.17. The number of aryl methyl sites for hydroxylation is 1. The van der Waals surface area contributed by atoms with Gasteiger partial charge in [0, 0.05) is 6.04 Å². The van der Waals surface area contributed by atoms with Crippen molar-refractivity contribution in [3.8, 4) is 5.75 Å². The van der Waals surface area contributed by atoms with Gasteiger partial charge >= 0.3 is 0 Å². The van der Waals surface area contributed by atoms with Crippen LogP contribution in [0.25, 0.3) is 0 Å². The van der Waals surface area contributed by atoms with E-state index in [4.69, 9.17) is 10.5 Å². The highest BCUT2D eigenvalue weighted by Crippen LogP contribution is 2.12. The van der Waals surface area contributed by atoms with Crippen LogP contribution in [0.4, 0.5) is 0 Å². The summed E-state index contributed by atoms with van der Waals surface area (Å²) in [5.41, 5.74) is 6.66. The minimum atomic E-state index is -3.06. The molecular weight excluding hydrogens is 250 g/mol. The van der Waals surface area contributed by atoms with Gasteiger partial charge in [0.2, 0.25) is 0 Å². The van der Waals surface area contributed by atoms with E-state index in [1.807, 2.05) is 31.2 Å². The van der Waals surface area contributed by atoms with Crippen molar-refractivity contribution < 1.29 is 13.2 Å². The van der Waals surface area contributed by atoms with E-state index in [9.17, 15) is 8.42 Å². The molecule has 0 aliphatic carbocycles. The summed E-state index contributed by atoms with van der Waals surface area (Å²) in [7, 11) is -1.46. The van der Waals surface area contributed by atoms with Gasteiger partial charge in [0.15, 0.2) is 9.84 Å². The van der Waals surface area contributed by atoms with Crippen LogP contribution in [0.15, 0.2) is 24.3 Å². The summed E-state index contributed by atoms with van der Waals surface area (Å²) in [6.45, 7) is 1.89. The zero-order chi connectivity index (χ0) is 13.6. The molecule has 0 saturated heterocycles. The Bertz CT molecular complexity index is 454. The molecule has 1 aromatic carbocycles. The number of benzene rings is 1. The second kappa shape index (κ2) is 6.75. The van der Waals surface area contributed by atoms with E-state index in [-0.39, 0.29) is 17.5 Å². The number of rotatable bonds is 7. The summed E-state index contributed by atoms with van der Waals surface area (Å²) < 4.78 is 28.6. The Hall–Kier alpha value is -1.07. The second-order valence-electron chi connectivity index (χ2n) is 4.38. The maximum atomic E-state index is 11.8. The normalized spacial score (nSPS) is 13.3. The number of nitrogens with two attached hydrogens (primary N) is 1. The van der Waals surface area contributed by atoms with Crippen LogP contribution in [0.2, 0.25) is 0 Å². The van der Waals surface area contributed by atoms with Gasteiger partial charge in [-0.15, -0.1) is 0 Å². The number of ether oxygens (including phenoxy) is 1. The van der Waals surface area contributed by atoms with Crippen molar-refractivity contribution in [1.29, 1.82) is 0 Å². The maximum Gasteiger partial charge on any atom is 0.152 e. The van der Waals surface area contributed by atoms with E-state index in [0.717, 1.165) is 11.3 Å². The largest absolute Gasteiger partial charge is 0.497 e. The average molecular weight is 271 g/mol. The smallest absolute Gasteiger partial charge is 0.152 e. The number of hydrogen-bond donors (Lipinski definition) is 1. The lowest BCUT2D eigenvalue weighted by Crippen LogP contribution is -2.30. The van der Waals surface area contributed by atoms with Crippen molar-refractivity contribution in [3.63, 3.8) is 0 Å². The number of hydrogen-bond acceptors (Lipinski definition) is 4. The first-order chi connectivity index (χ1) is 8.46. The van der Waals surface area contributed by atoms with Crippen molar-refractivity contribution in [2.24, 2.45) is 5.73 Å². The Balaban J connectivity index is 2.53. The Morgan fingerprint density at radius 3 is 2.39 bits per heavy atom. The molecule has 1 aromatic rings. The molecule has 1 atom stereocenters. The molecular formula is C13H21NO3S. The first-order valence-electron chi connectivity index (χ1n) is 6.05. The molecule has 0 aromatic heterocycles. The van der Waals surface area contributed by atoms with Crippen LogP contribution in [-0.4, -0.2) is 33.1 Å². The van der Waals surface area contributed by atoms with Crippen LogP contribution in [0.1, 0.15) is 18.9 Å². The lowest BCUT2D eigenvalue weighted by atomic mass is 10.2. The van der Waals surface area contributed by atoms with Crippen LogP contribution in [0.5, 0.6) is 5.75 Å². The SMILES string of the molecule is CCC(N)CS(=O)(=O)CCc1ccc(OC)cc1. The van der Waals surface area contributed by atoms with Crippen LogP contribution >= 0.6 is 0 Å². The van der Waals surface area contributed by atoms with Crippen molar-refractivity contribution >= 4 is 9.84 Å². The molecule has 4 nitrogen and oxygen atoms in total. The molecule has 0 radical (unpaired) electrons. The van der Waals surface area contributed by atoms with Crippen LogP contribution in [0.3, 0.4) is 0 Å². The fourth-order valence-corrected chi connectivity index (χ4v) is 3.19. The monoisotopic (exact) mass is 271 g/mol. The van der Waals surface area contributed by atoms with Gasteiger partial charge in [-0.3, -0.25) is 0 Å². The molecule has 0 heterocycles. The van der Waals surface area contributed by atoms with Crippen molar-refractivity contribution in [2.45, 2.75) is 25.8 Å².